The number of nitrogen functional groups attached to an aromatic ring is 1. The Morgan fingerprint density at radius 1 is 1.25 bits per heavy atom. The first-order valence-electron chi connectivity index (χ1n) is 8.06. The summed E-state index contributed by atoms with van der Waals surface area (Å²) in [5.74, 6) is 1.26. The van der Waals surface area contributed by atoms with Gasteiger partial charge in [-0.25, -0.2) is 9.67 Å². The van der Waals surface area contributed by atoms with Gasteiger partial charge in [-0.1, -0.05) is 17.3 Å². The number of aryl methyl sites for hydroxylation is 1. The van der Waals surface area contributed by atoms with E-state index in [0.29, 0.717) is 28.2 Å². The van der Waals surface area contributed by atoms with Crippen LogP contribution in [0.5, 0.6) is 0 Å². The zero-order chi connectivity index (χ0) is 19.9. The van der Waals surface area contributed by atoms with Crippen LogP contribution in [0, 0.1) is 6.92 Å². The number of rotatable bonds is 5. The van der Waals surface area contributed by atoms with Gasteiger partial charge in [0.25, 0.3) is 0 Å². The van der Waals surface area contributed by atoms with Gasteiger partial charge in [0.2, 0.25) is 5.95 Å². The van der Waals surface area contributed by atoms with Crippen molar-refractivity contribution >= 4 is 33.1 Å². The molecule has 3 aromatic heterocycles. The summed E-state index contributed by atoms with van der Waals surface area (Å²) >= 11 is 0. The Labute approximate surface area is 159 Å². The Kier molecular flexibility index (Phi) is 4.20. The largest absolute Gasteiger partial charge is 0.460 e. The highest BCUT2D eigenvalue weighted by molar-refractivity contribution is 7.87. The van der Waals surface area contributed by atoms with Gasteiger partial charge < -0.3 is 10.2 Å². The van der Waals surface area contributed by atoms with Crippen molar-refractivity contribution in [2.24, 2.45) is 0 Å². The van der Waals surface area contributed by atoms with Crippen molar-refractivity contribution in [3.8, 4) is 11.5 Å². The SMILES string of the molecule is Cc1ccc(-c2nc(N)nc3c2nnn3Cc2cccc(NS(=O)(=O)O)c2)o1. The number of nitrogens with zero attached hydrogens (tertiary/aromatic N) is 5. The highest BCUT2D eigenvalue weighted by Gasteiger charge is 2.18. The molecule has 4 aromatic rings. The van der Waals surface area contributed by atoms with Crippen LogP contribution in [-0.2, 0) is 16.8 Å². The van der Waals surface area contributed by atoms with Gasteiger partial charge in [0.1, 0.15) is 11.5 Å². The van der Waals surface area contributed by atoms with Gasteiger partial charge in [0, 0.05) is 0 Å². The number of benzene rings is 1. The van der Waals surface area contributed by atoms with Gasteiger partial charge in [-0.3, -0.25) is 9.27 Å². The van der Waals surface area contributed by atoms with Crippen molar-refractivity contribution in [3.05, 3.63) is 47.7 Å². The van der Waals surface area contributed by atoms with Crippen LogP contribution in [0.4, 0.5) is 11.6 Å². The first-order chi connectivity index (χ1) is 13.3. The Balaban J connectivity index is 1.73. The van der Waals surface area contributed by atoms with Gasteiger partial charge >= 0.3 is 10.3 Å². The molecule has 0 atom stereocenters. The topological polar surface area (TPSA) is 162 Å². The Hall–Kier alpha value is -3.51. The summed E-state index contributed by atoms with van der Waals surface area (Å²) < 4.78 is 40.0. The number of furan rings is 1. The van der Waals surface area contributed by atoms with E-state index in [1.165, 1.54) is 10.7 Å². The summed E-state index contributed by atoms with van der Waals surface area (Å²) in [7, 11) is -4.36. The van der Waals surface area contributed by atoms with Crippen molar-refractivity contribution in [1.82, 2.24) is 25.0 Å². The maximum Gasteiger partial charge on any atom is 0.357 e. The van der Waals surface area contributed by atoms with Crippen LogP contribution in [0.25, 0.3) is 22.6 Å². The zero-order valence-corrected chi connectivity index (χ0v) is 15.4. The summed E-state index contributed by atoms with van der Waals surface area (Å²) in [5, 5.41) is 8.25. The van der Waals surface area contributed by atoms with Crippen molar-refractivity contribution in [3.63, 3.8) is 0 Å². The zero-order valence-electron chi connectivity index (χ0n) is 14.6. The molecule has 3 heterocycles. The molecule has 11 nitrogen and oxygen atoms in total. The van der Waals surface area contributed by atoms with E-state index < -0.39 is 10.3 Å². The first-order valence-corrected chi connectivity index (χ1v) is 9.50. The molecule has 144 valence electrons. The number of fused-ring (bicyclic) bond motifs is 1. The highest BCUT2D eigenvalue weighted by Crippen LogP contribution is 2.27. The third-order valence-electron chi connectivity index (χ3n) is 3.86. The van der Waals surface area contributed by atoms with Crippen LogP contribution in [0.3, 0.4) is 0 Å². The second kappa shape index (κ2) is 6.58. The van der Waals surface area contributed by atoms with Crippen LogP contribution in [-0.4, -0.2) is 37.9 Å². The Morgan fingerprint density at radius 2 is 2.07 bits per heavy atom. The fourth-order valence-corrected chi connectivity index (χ4v) is 3.19. The van der Waals surface area contributed by atoms with Crippen LogP contribution < -0.4 is 10.5 Å². The quantitative estimate of drug-likeness (QED) is 0.422. The Morgan fingerprint density at radius 3 is 2.79 bits per heavy atom. The normalized spacial score (nSPS) is 11.8. The third kappa shape index (κ3) is 3.63. The lowest BCUT2D eigenvalue weighted by molar-refractivity contribution is 0.489. The Bertz CT molecular complexity index is 1280. The predicted molar refractivity (Wildman–Crippen MR) is 101 cm³/mol. The standard InChI is InChI=1S/C16H15N7O4S/c1-9-5-6-12(27-9)13-14-15(19-16(17)18-13)23(22-20-14)8-10-3-2-4-11(7-10)21-28(24,25)26/h2-7,21H,8H2,1H3,(H2,17,18,19)(H,24,25,26). The van der Waals surface area contributed by atoms with Crippen molar-refractivity contribution in [1.29, 1.82) is 0 Å². The minimum Gasteiger partial charge on any atom is -0.460 e. The predicted octanol–water partition coefficient (Wildman–Crippen LogP) is 1.63. The lowest BCUT2D eigenvalue weighted by Crippen LogP contribution is -2.11. The second-order valence-corrected chi connectivity index (χ2v) is 7.19. The van der Waals surface area contributed by atoms with Crippen LogP contribution in [0.2, 0.25) is 0 Å². The number of hydrogen-bond donors (Lipinski definition) is 3. The molecule has 12 heteroatoms. The fraction of sp³-hybridized carbons (Fsp3) is 0.125. The lowest BCUT2D eigenvalue weighted by Gasteiger charge is -2.07. The minimum absolute atomic E-state index is 0.0434. The molecule has 0 unspecified atom stereocenters. The van der Waals surface area contributed by atoms with Crippen LogP contribution >= 0.6 is 0 Å². The number of aromatic nitrogens is 5. The van der Waals surface area contributed by atoms with E-state index in [-0.39, 0.29) is 18.2 Å². The van der Waals surface area contributed by atoms with Gasteiger partial charge in [-0.15, -0.1) is 5.10 Å². The number of nitrogens with two attached hydrogens (primary N) is 1. The third-order valence-corrected chi connectivity index (χ3v) is 4.35. The van der Waals surface area contributed by atoms with E-state index in [0.717, 1.165) is 5.76 Å². The maximum absolute atomic E-state index is 11.0. The smallest absolute Gasteiger partial charge is 0.357 e. The summed E-state index contributed by atoms with van der Waals surface area (Å²) in [5.41, 5.74) is 8.03. The fourth-order valence-electron chi connectivity index (χ4n) is 2.77. The second-order valence-electron chi connectivity index (χ2n) is 6.04. The summed E-state index contributed by atoms with van der Waals surface area (Å²) in [6, 6.07) is 10.0. The van der Waals surface area contributed by atoms with Gasteiger partial charge in [-0.05, 0) is 36.8 Å². The summed E-state index contributed by atoms with van der Waals surface area (Å²) in [6.45, 7) is 2.06. The molecule has 0 amide bonds. The van der Waals surface area contributed by atoms with E-state index in [1.54, 1.807) is 30.3 Å². The average molecular weight is 401 g/mol. The molecule has 0 radical (unpaired) electrons. The van der Waals surface area contributed by atoms with E-state index in [4.69, 9.17) is 14.7 Å². The number of hydrogen-bond acceptors (Lipinski definition) is 8. The molecule has 0 aliphatic rings. The van der Waals surface area contributed by atoms with Crippen LogP contribution in [0.15, 0.2) is 40.8 Å². The highest BCUT2D eigenvalue weighted by atomic mass is 32.2. The lowest BCUT2D eigenvalue weighted by atomic mass is 10.2. The molecule has 0 aliphatic carbocycles. The average Bonchev–Trinajstić information content (AvgIpc) is 3.20. The molecule has 0 saturated carbocycles. The monoisotopic (exact) mass is 401 g/mol. The van der Waals surface area contributed by atoms with Gasteiger partial charge in [-0.2, -0.15) is 13.4 Å². The van der Waals surface area contributed by atoms with Gasteiger partial charge in [0.15, 0.2) is 16.9 Å². The summed E-state index contributed by atoms with van der Waals surface area (Å²) in [6.07, 6.45) is 0. The van der Waals surface area contributed by atoms with Crippen molar-refractivity contribution in [2.75, 3.05) is 10.5 Å². The molecule has 0 fully saturated rings. The molecular formula is C16H15N7O4S. The summed E-state index contributed by atoms with van der Waals surface area (Å²) in [4.78, 5) is 8.43. The van der Waals surface area contributed by atoms with E-state index in [2.05, 4.69) is 20.3 Å². The minimum atomic E-state index is -4.36. The van der Waals surface area contributed by atoms with Crippen molar-refractivity contribution < 1.29 is 17.4 Å². The first kappa shape index (κ1) is 17.9. The molecule has 28 heavy (non-hydrogen) atoms. The number of nitrogens with one attached hydrogen (secondary N) is 1. The molecule has 4 rings (SSSR count). The molecule has 4 N–H and O–H groups in total. The number of anilines is 2. The maximum atomic E-state index is 11.0. The van der Waals surface area contributed by atoms with Crippen LogP contribution in [0.1, 0.15) is 11.3 Å². The van der Waals surface area contributed by atoms with E-state index in [9.17, 15) is 8.42 Å². The van der Waals surface area contributed by atoms with Gasteiger partial charge in [0.05, 0.1) is 12.2 Å². The molecule has 0 spiro atoms. The molecule has 0 aliphatic heterocycles. The van der Waals surface area contributed by atoms with E-state index >= 15 is 0 Å². The molecule has 0 bridgehead atoms. The molecular weight excluding hydrogens is 386 g/mol. The van der Waals surface area contributed by atoms with Crippen molar-refractivity contribution in [2.45, 2.75) is 13.5 Å². The molecule has 0 saturated heterocycles. The molecule has 1 aromatic carbocycles. The van der Waals surface area contributed by atoms with E-state index in [1.807, 2.05) is 11.6 Å².